The lowest BCUT2D eigenvalue weighted by atomic mass is 10.2. The first-order valence-electron chi connectivity index (χ1n) is 9.65. The number of methoxy groups -OCH3 is 1. The van der Waals surface area contributed by atoms with Gasteiger partial charge in [0.05, 0.1) is 25.2 Å². The summed E-state index contributed by atoms with van der Waals surface area (Å²) in [6, 6.07) is 10.1. The molecular formula is C21H26N2O7S. The number of anilines is 1. The van der Waals surface area contributed by atoms with E-state index in [4.69, 9.17) is 18.9 Å². The maximum absolute atomic E-state index is 12.5. The van der Waals surface area contributed by atoms with Crippen LogP contribution < -0.4 is 28.6 Å². The van der Waals surface area contributed by atoms with Crippen LogP contribution in [0.15, 0.2) is 36.4 Å². The van der Waals surface area contributed by atoms with E-state index in [1.165, 1.54) is 6.07 Å². The third-order valence-corrected chi connectivity index (χ3v) is 5.55. The molecule has 0 bridgehead atoms. The number of nitrogens with one attached hydrogen (secondary N) is 1. The van der Waals surface area contributed by atoms with Gasteiger partial charge in [-0.25, -0.2) is 8.42 Å². The van der Waals surface area contributed by atoms with Crippen molar-refractivity contribution in [3.05, 3.63) is 42.0 Å². The number of amides is 1. The molecular weight excluding hydrogens is 424 g/mol. The van der Waals surface area contributed by atoms with Crippen LogP contribution in [0.3, 0.4) is 0 Å². The van der Waals surface area contributed by atoms with Gasteiger partial charge in [-0.2, -0.15) is 0 Å². The van der Waals surface area contributed by atoms with Gasteiger partial charge in [0.2, 0.25) is 22.7 Å². The number of nitrogens with zero attached hydrogens (tertiary/aromatic N) is 1. The minimum atomic E-state index is -3.70. The highest BCUT2D eigenvalue weighted by molar-refractivity contribution is 7.92. The van der Waals surface area contributed by atoms with Crippen LogP contribution in [0.1, 0.15) is 19.4 Å². The Bertz CT molecular complexity index is 1050. The number of fused-ring (bicyclic) bond motifs is 1. The molecule has 168 valence electrons. The summed E-state index contributed by atoms with van der Waals surface area (Å²) < 4.78 is 47.2. The predicted molar refractivity (Wildman–Crippen MR) is 115 cm³/mol. The highest BCUT2D eigenvalue weighted by atomic mass is 32.2. The molecule has 2 aromatic carbocycles. The van der Waals surface area contributed by atoms with E-state index >= 15 is 0 Å². The predicted octanol–water partition coefficient (Wildman–Crippen LogP) is 2.29. The molecule has 0 spiro atoms. The minimum Gasteiger partial charge on any atom is -0.493 e. The largest absolute Gasteiger partial charge is 0.493 e. The van der Waals surface area contributed by atoms with Crippen molar-refractivity contribution >= 4 is 21.6 Å². The molecule has 0 fully saturated rings. The first kappa shape index (κ1) is 22.5. The summed E-state index contributed by atoms with van der Waals surface area (Å²) in [4.78, 5) is 12.5. The molecule has 0 unspecified atom stereocenters. The molecule has 9 nitrogen and oxygen atoms in total. The van der Waals surface area contributed by atoms with Gasteiger partial charge in [-0.15, -0.1) is 0 Å². The molecule has 31 heavy (non-hydrogen) atoms. The maximum Gasteiger partial charge on any atom is 0.241 e. The molecule has 10 heteroatoms. The zero-order valence-electron chi connectivity index (χ0n) is 17.9. The van der Waals surface area contributed by atoms with Gasteiger partial charge >= 0.3 is 0 Å². The van der Waals surface area contributed by atoms with Crippen LogP contribution >= 0.6 is 0 Å². The number of hydrogen-bond donors (Lipinski definition) is 1. The third-order valence-electron chi connectivity index (χ3n) is 4.41. The molecule has 2 aromatic rings. The van der Waals surface area contributed by atoms with E-state index in [1.807, 2.05) is 19.9 Å². The topological polar surface area (TPSA) is 103 Å². The summed E-state index contributed by atoms with van der Waals surface area (Å²) in [5.41, 5.74) is 1.11. The van der Waals surface area contributed by atoms with Crippen LogP contribution in [0.25, 0.3) is 0 Å². The van der Waals surface area contributed by atoms with Gasteiger partial charge in [-0.1, -0.05) is 6.07 Å². The van der Waals surface area contributed by atoms with Crippen LogP contribution in [0.2, 0.25) is 0 Å². The average Bonchev–Trinajstić information content (AvgIpc) is 3.17. The molecule has 1 aliphatic rings. The van der Waals surface area contributed by atoms with E-state index in [1.54, 1.807) is 31.4 Å². The lowest BCUT2D eigenvalue weighted by Gasteiger charge is -2.22. The quantitative estimate of drug-likeness (QED) is 0.625. The average molecular weight is 451 g/mol. The summed E-state index contributed by atoms with van der Waals surface area (Å²) in [5, 5.41) is 2.74. The summed E-state index contributed by atoms with van der Waals surface area (Å²) in [7, 11) is -2.16. The van der Waals surface area contributed by atoms with Gasteiger partial charge in [0.15, 0.2) is 23.0 Å². The first-order valence-corrected chi connectivity index (χ1v) is 11.5. The molecule has 0 saturated carbocycles. The van der Waals surface area contributed by atoms with E-state index in [0.717, 1.165) is 16.1 Å². The van der Waals surface area contributed by atoms with Crippen molar-refractivity contribution in [2.45, 2.75) is 26.5 Å². The molecule has 0 radical (unpaired) electrons. The first-order chi connectivity index (χ1) is 14.7. The molecule has 1 heterocycles. The number of sulfonamides is 1. The second-order valence-corrected chi connectivity index (χ2v) is 9.14. The highest BCUT2D eigenvalue weighted by Gasteiger charge is 2.23. The zero-order chi connectivity index (χ0) is 22.6. The van der Waals surface area contributed by atoms with Crippen molar-refractivity contribution in [1.29, 1.82) is 0 Å². The van der Waals surface area contributed by atoms with E-state index < -0.39 is 15.9 Å². The van der Waals surface area contributed by atoms with E-state index in [0.29, 0.717) is 28.7 Å². The Morgan fingerprint density at radius 1 is 1.13 bits per heavy atom. The van der Waals surface area contributed by atoms with Crippen LogP contribution in [0.4, 0.5) is 5.69 Å². The smallest absolute Gasteiger partial charge is 0.241 e. The fourth-order valence-corrected chi connectivity index (χ4v) is 3.85. The molecule has 0 saturated heterocycles. The van der Waals surface area contributed by atoms with Gasteiger partial charge in [-0.3, -0.25) is 9.10 Å². The fourth-order valence-electron chi connectivity index (χ4n) is 3.00. The van der Waals surface area contributed by atoms with Crippen molar-refractivity contribution in [2.24, 2.45) is 0 Å². The third kappa shape index (κ3) is 5.72. The van der Waals surface area contributed by atoms with Crippen LogP contribution in [0, 0.1) is 0 Å². The molecule has 1 amide bonds. The second kappa shape index (κ2) is 9.34. The lowest BCUT2D eigenvalue weighted by molar-refractivity contribution is -0.119. The van der Waals surface area contributed by atoms with Gasteiger partial charge in [-0.05, 0) is 43.7 Å². The number of rotatable bonds is 9. The highest BCUT2D eigenvalue weighted by Crippen LogP contribution is 2.36. The number of carbonyl (C=O) groups is 1. The monoisotopic (exact) mass is 450 g/mol. The minimum absolute atomic E-state index is 0.00221. The van der Waals surface area contributed by atoms with Crippen molar-refractivity contribution in [3.8, 4) is 23.0 Å². The Labute approximate surface area is 181 Å². The Morgan fingerprint density at radius 3 is 2.55 bits per heavy atom. The van der Waals surface area contributed by atoms with Crippen LogP contribution in [-0.2, 0) is 21.4 Å². The Balaban J connectivity index is 1.68. The Kier molecular flexibility index (Phi) is 6.79. The Morgan fingerprint density at radius 2 is 1.87 bits per heavy atom. The number of ether oxygens (including phenoxy) is 4. The molecule has 0 atom stereocenters. The lowest BCUT2D eigenvalue weighted by Crippen LogP contribution is -2.40. The summed E-state index contributed by atoms with van der Waals surface area (Å²) >= 11 is 0. The van der Waals surface area contributed by atoms with Crippen molar-refractivity contribution in [2.75, 3.05) is 31.0 Å². The van der Waals surface area contributed by atoms with Crippen molar-refractivity contribution in [1.82, 2.24) is 5.32 Å². The van der Waals surface area contributed by atoms with Crippen LogP contribution in [0.5, 0.6) is 23.0 Å². The summed E-state index contributed by atoms with van der Waals surface area (Å²) in [6.07, 6.45) is 1.04. The van der Waals surface area contributed by atoms with Crippen molar-refractivity contribution in [3.63, 3.8) is 0 Å². The normalized spacial score (nSPS) is 12.5. The SMILES string of the molecule is COc1cc(CNC(=O)CN(c2ccc3c(c2)OCO3)S(C)(=O)=O)ccc1OC(C)C. The number of hydrogen-bond acceptors (Lipinski definition) is 7. The van der Waals surface area contributed by atoms with Gasteiger partial charge in [0.25, 0.3) is 0 Å². The second-order valence-electron chi connectivity index (χ2n) is 7.24. The van der Waals surface area contributed by atoms with E-state index in [9.17, 15) is 13.2 Å². The van der Waals surface area contributed by atoms with E-state index in [-0.39, 0.29) is 26.0 Å². The van der Waals surface area contributed by atoms with Crippen molar-refractivity contribution < 1.29 is 32.2 Å². The van der Waals surface area contributed by atoms with Gasteiger partial charge in [0.1, 0.15) is 6.54 Å². The summed E-state index contributed by atoms with van der Waals surface area (Å²) in [6.45, 7) is 3.74. The van der Waals surface area contributed by atoms with Gasteiger partial charge in [0, 0.05) is 12.6 Å². The number of benzene rings is 2. The number of carbonyl (C=O) groups excluding carboxylic acids is 1. The fraction of sp³-hybridized carbons (Fsp3) is 0.381. The zero-order valence-corrected chi connectivity index (χ0v) is 18.7. The standard InChI is InChI=1S/C21H26N2O7S/c1-14(2)30-18-7-5-15(9-19(18)27-3)11-22-21(24)12-23(31(4,25)26)16-6-8-17-20(10-16)29-13-28-17/h5-10,14H,11-13H2,1-4H3,(H,22,24). The molecule has 1 N–H and O–H groups in total. The molecule has 1 aliphatic heterocycles. The van der Waals surface area contributed by atoms with Crippen LogP contribution in [-0.4, -0.2) is 47.1 Å². The van der Waals surface area contributed by atoms with Gasteiger partial charge < -0.3 is 24.3 Å². The maximum atomic E-state index is 12.5. The molecule has 3 rings (SSSR count). The van der Waals surface area contributed by atoms with E-state index in [2.05, 4.69) is 5.32 Å². The Hall–Kier alpha value is -3.14. The molecule has 0 aliphatic carbocycles. The summed E-state index contributed by atoms with van der Waals surface area (Å²) in [5.74, 6) is 1.67. The molecule has 0 aromatic heterocycles.